The molecule has 0 heterocycles. The molecule has 0 unspecified atom stereocenters. The van der Waals surface area contributed by atoms with Gasteiger partial charge in [-0.15, -0.1) is 17.0 Å². The number of rotatable bonds is 3. The van der Waals surface area contributed by atoms with E-state index in [1.807, 2.05) is 0 Å². The van der Waals surface area contributed by atoms with Crippen LogP contribution in [0.5, 0.6) is 0 Å². The van der Waals surface area contributed by atoms with Gasteiger partial charge in [-0.3, -0.25) is 4.79 Å². The molecule has 0 aliphatic carbocycles. The summed E-state index contributed by atoms with van der Waals surface area (Å²) < 4.78 is 28.5. The number of hydrogen-bond donors (Lipinski definition) is 1. The van der Waals surface area contributed by atoms with Crippen LogP contribution in [-0.4, -0.2) is 25.0 Å². The van der Waals surface area contributed by atoms with Crippen molar-refractivity contribution in [2.75, 3.05) is 7.11 Å². The summed E-state index contributed by atoms with van der Waals surface area (Å²) in [7, 11) is 1.11. The van der Waals surface area contributed by atoms with Crippen LogP contribution in [0.25, 0.3) is 0 Å². The predicted molar refractivity (Wildman–Crippen MR) is 45.6 cm³/mol. The van der Waals surface area contributed by atoms with Crippen molar-refractivity contribution in [1.82, 2.24) is 0 Å². The van der Waals surface area contributed by atoms with Crippen molar-refractivity contribution >= 4 is 23.0 Å². The topological polar surface area (TPSA) is 52.3 Å². The van der Waals surface area contributed by atoms with Gasteiger partial charge in [0.2, 0.25) is 5.92 Å². The Morgan fingerprint density at radius 2 is 2.08 bits per heavy atom. The van der Waals surface area contributed by atoms with Crippen LogP contribution < -0.4 is 5.73 Å². The third-order valence-corrected chi connectivity index (χ3v) is 1.08. The van der Waals surface area contributed by atoms with Crippen LogP contribution in [0.3, 0.4) is 0 Å². The van der Waals surface area contributed by atoms with Crippen molar-refractivity contribution in [3.8, 4) is 0 Å². The van der Waals surface area contributed by atoms with E-state index in [2.05, 4.69) is 4.74 Å². The van der Waals surface area contributed by atoms with Gasteiger partial charge < -0.3 is 10.5 Å². The minimum absolute atomic E-state index is 0. The molecule has 12 heavy (non-hydrogen) atoms. The molecule has 74 valence electrons. The van der Waals surface area contributed by atoms with E-state index in [-0.39, 0.29) is 17.0 Å². The van der Waals surface area contributed by atoms with Gasteiger partial charge in [0, 0.05) is 6.42 Å². The average Bonchev–Trinajstić information content (AvgIpc) is 1.82. The molecule has 0 aliphatic rings. The lowest BCUT2D eigenvalue weighted by Gasteiger charge is -2.13. The maximum Gasteiger partial charge on any atom is 0.322 e. The lowest BCUT2D eigenvalue weighted by atomic mass is 10.1. The molecule has 0 aromatic heterocycles. The molecule has 2 N–H and O–H groups in total. The summed E-state index contributed by atoms with van der Waals surface area (Å²) in [5, 5.41) is 0. The molecule has 0 rings (SSSR count). The van der Waals surface area contributed by atoms with E-state index in [9.17, 15) is 13.6 Å². The molecule has 0 bridgehead atoms. The summed E-state index contributed by atoms with van der Waals surface area (Å²) in [6.07, 6.45) is -0.681. The van der Waals surface area contributed by atoms with Crippen molar-refractivity contribution in [3.63, 3.8) is 0 Å². The Hall–Kier alpha value is -0.230. The van der Waals surface area contributed by atoms with Crippen molar-refractivity contribution in [1.29, 1.82) is 0 Å². The quantitative estimate of drug-likeness (QED) is 0.761. The lowest BCUT2D eigenvalue weighted by molar-refractivity contribution is -0.144. The Morgan fingerprint density at radius 1 is 1.67 bits per heavy atom. The molecule has 0 fully saturated rings. The van der Waals surface area contributed by atoms with Gasteiger partial charge in [0.1, 0.15) is 6.04 Å². The number of nitrogens with two attached hydrogens (primary N) is 1. The van der Waals surface area contributed by atoms with E-state index < -0.39 is 24.4 Å². The Balaban J connectivity index is 0. The smallest absolute Gasteiger partial charge is 0.322 e. The molecule has 0 saturated heterocycles. The number of halogens is 3. The van der Waals surface area contributed by atoms with Crippen LogP contribution in [0.1, 0.15) is 13.3 Å². The van der Waals surface area contributed by atoms with Gasteiger partial charge in [-0.05, 0) is 6.92 Å². The van der Waals surface area contributed by atoms with Gasteiger partial charge in [-0.25, -0.2) is 8.78 Å². The first-order valence-electron chi connectivity index (χ1n) is 3.08. The first-order valence-corrected chi connectivity index (χ1v) is 3.08. The SMILES string of the molecule is Br.COC(=O)[C@@H](N)CC(C)(F)F. The summed E-state index contributed by atoms with van der Waals surface area (Å²) in [4.78, 5) is 10.5. The Labute approximate surface area is 80.0 Å². The third kappa shape index (κ3) is 6.48. The lowest BCUT2D eigenvalue weighted by Crippen LogP contribution is -2.36. The molecule has 1 atom stereocenters. The fourth-order valence-corrected chi connectivity index (χ4v) is 0.621. The van der Waals surface area contributed by atoms with Gasteiger partial charge in [0.15, 0.2) is 0 Å². The number of esters is 1. The Morgan fingerprint density at radius 3 is 2.33 bits per heavy atom. The monoisotopic (exact) mass is 247 g/mol. The van der Waals surface area contributed by atoms with Gasteiger partial charge in [-0.2, -0.15) is 0 Å². The minimum atomic E-state index is -2.92. The molecule has 6 heteroatoms. The number of alkyl halides is 2. The zero-order valence-corrected chi connectivity index (χ0v) is 8.56. The van der Waals surface area contributed by atoms with Crippen LogP contribution in [-0.2, 0) is 9.53 Å². The number of carbonyl (C=O) groups is 1. The van der Waals surface area contributed by atoms with Crippen molar-refractivity contribution in [3.05, 3.63) is 0 Å². The van der Waals surface area contributed by atoms with Crippen LogP contribution in [0, 0.1) is 0 Å². The third-order valence-electron chi connectivity index (χ3n) is 1.08. The van der Waals surface area contributed by atoms with Crippen LogP contribution in [0.4, 0.5) is 8.78 Å². The normalized spacial score (nSPS) is 13.1. The molecule has 0 radical (unpaired) electrons. The Kier molecular flexibility index (Phi) is 6.46. The highest BCUT2D eigenvalue weighted by atomic mass is 79.9. The van der Waals surface area contributed by atoms with Crippen LogP contribution >= 0.6 is 17.0 Å². The van der Waals surface area contributed by atoms with E-state index in [0.717, 1.165) is 7.11 Å². The van der Waals surface area contributed by atoms with E-state index >= 15 is 0 Å². The first-order chi connectivity index (χ1) is 4.87. The van der Waals surface area contributed by atoms with E-state index in [0.29, 0.717) is 6.92 Å². The first kappa shape index (κ1) is 14.3. The summed E-state index contributed by atoms with van der Waals surface area (Å²) in [5.41, 5.74) is 5.06. The van der Waals surface area contributed by atoms with Crippen molar-refractivity contribution in [2.45, 2.75) is 25.3 Å². The van der Waals surface area contributed by atoms with Gasteiger partial charge in [0.25, 0.3) is 0 Å². The molecule has 0 aromatic rings. The molecule has 0 aromatic carbocycles. The highest BCUT2D eigenvalue weighted by Gasteiger charge is 2.28. The van der Waals surface area contributed by atoms with Crippen LogP contribution in [0.15, 0.2) is 0 Å². The number of methoxy groups -OCH3 is 1. The second-order valence-corrected chi connectivity index (χ2v) is 2.40. The zero-order chi connectivity index (χ0) is 9.07. The van der Waals surface area contributed by atoms with Crippen molar-refractivity contribution in [2.24, 2.45) is 5.73 Å². The summed E-state index contributed by atoms with van der Waals surface area (Å²) in [6.45, 7) is 0.704. The number of ether oxygens (including phenoxy) is 1. The largest absolute Gasteiger partial charge is 0.468 e. The van der Waals surface area contributed by atoms with Crippen molar-refractivity contribution < 1.29 is 18.3 Å². The van der Waals surface area contributed by atoms with Crippen LogP contribution in [0.2, 0.25) is 0 Å². The highest BCUT2D eigenvalue weighted by Crippen LogP contribution is 2.18. The molecule has 0 aliphatic heterocycles. The summed E-state index contributed by atoms with van der Waals surface area (Å²) in [5.74, 6) is -3.74. The maximum absolute atomic E-state index is 12.2. The number of carbonyl (C=O) groups excluding carboxylic acids is 1. The average molecular weight is 248 g/mol. The van der Waals surface area contributed by atoms with E-state index in [1.165, 1.54) is 0 Å². The predicted octanol–water partition coefficient (Wildman–Crippen LogP) is 1.11. The second-order valence-electron chi connectivity index (χ2n) is 2.40. The summed E-state index contributed by atoms with van der Waals surface area (Å²) in [6, 6.07) is -1.24. The van der Waals surface area contributed by atoms with Gasteiger partial charge in [-0.1, -0.05) is 0 Å². The second kappa shape index (κ2) is 5.42. The minimum Gasteiger partial charge on any atom is -0.468 e. The standard InChI is InChI=1S/C6H11F2NO2.BrH/c1-6(7,8)3-4(9)5(10)11-2;/h4H,3,9H2,1-2H3;1H/t4-;/m0./s1. The number of hydrogen-bond acceptors (Lipinski definition) is 3. The maximum atomic E-state index is 12.2. The molecule has 0 spiro atoms. The molecule has 3 nitrogen and oxygen atoms in total. The molecular weight excluding hydrogens is 236 g/mol. The molecule has 0 amide bonds. The zero-order valence-electron chi connectivity index (χ0n) is 6.84. The highest BCUT2D eigenvalue weighted by molar-refractivity contribution is 8.93. The summed E-state index contributed by atoms with van der Waals surface area (Å²) >= 11 is 0. The fraction of sp³-hybridized carbons (Fsp3) is 0.833. The Bertz CT molecular complexity index is 149. The fourth-order valence-electron chi connectivity index (χ4n) is 0.621. The molecule has 0 saturated carbocycles. The van der Waals surface area contributed by atoms with Gasteiger partial charge in [0.05, 0.1) is 7.11 Å². The van der Waals surface area contributed by atoms with E-state index in [4.69, 9.17) is 5.73 Å². The molecular formula is C6H12BrF2NO2. The van der Waals surface area contributed by atoms with E-state index in [1.54, 1.807) is 0 Å². The van der Waals surface area contributed by atoms with Gasteiger partial charge >= 0.3 is 5.97 Å².